The van der Waals surface area contributed by atoms with Crippen molar-refractivity contribution in [2.75, 3.05) is 32.8 Å². The molecule has 0 saturated carbocycles. The highest BCUT2D eigenvalue weighted by Crippen LogP contribution is 2.43. The van der Waals surface area contributed by atoms with Gasteiger partial charge in [-0.3, -0.25) is 19.6 Å². The number of esters is 1. The molecule has 2 aromatic rings. The molecule has 2 fully saturated rings. The molecule has 1 aromatic carbocycles. The molecule has 0 radical (unpaired) electrons. The van der Waals surface area contributed by atoms with Gasteiger partial charge in [-0.2, -0.15) is 0 Å². The van der Waals surface area contributed by atoms with Crippen LogP contribution in [0.3, 0.4) is 0 Å². The standard InChI is InChI=1S/C29H32F5N5O4S/c1-4-43-26(40)19-17(13-39-14-29(33,34)23-18(39)7-10-38(23)11-8-28(2,3)27(41)42)36-24(25-35-9-12-44-25)37-22(19)15-5-6-16(30)21(32)20(15)31/h5-6,9,12,18,22-23H,4,7-8,10-11,13-14H2,1-3H3,(H,36,37)(H,41,42). The van der Waals surface area contributed by atoms with Gasteiger partial charge in [0, 0.05) is 42.0 Å². The highest BCUT2D eigenvalue weighted by molar-refractivity contribution is 7.11. The summed E-state index contributed by atoms with van der Waals surface area (Å²) < 4.78 is 79.8. The zero-order valence-corrected chi connectivity index (χ0v) is 25.1. The largest absolute Gasteiger partial charge is 0.481 e. The number of hydrogen-bond donors (Lipinski definition) is 2. The average molecular weight is 642 g/mol. The van der Waals surface area contributed by atoms with Crippen LogP contribution in [-0.4, -0.2) is 88.5 Å². The number of carbonyl (C=O) groups excluding carboxylic acids is 1. The van der Waals surface area contributed by atoms with Crippen LogP contribution in [0.5, 0.6) is 0 Å². The second-order valence-corrected chi connectivity index (χ2v) is 12.6. The Bertz CT molecular complexity index is 1500. The Kier molecular flexibility index (Phi) is 8.84. The second-order valence-electron chi connectivity index (χ2n) is 11.7. The number of benzene rings is 1. The van der Waals surface area contributed by atoms with Crippen LogP contribution in [0, 0.1) is 22.9 Å². The molecule has 3 aliphatic rings. The summed E-state index contributed by atoms with van der Waals surface area (Å²) in [5.74, 6) is -9.69. The van der Waals surface area contributed by atoms with Crippen molar-refractivity contribution in [1.29, 1.82) is 0 Å². The highest BCUT2D eigenvalue weighted by atomic mass is 32.1. The summed E-state index contributed by atoms with van der Waals surface area (Å²) in [6, 6.07) is -1.61. The third-order valence-electron chi connectivity index (χ3n) is 8.37. The normalized spacial score (nSPS) is 23.8. The Morgan fingerprint density at radius 3 is 2.61 bits per heavy atom. The van der Waals surface area contributed by atoms with E-state index in [2.05, 4.69) is 15.3 Å². The number of alkyl halides is 2. The van der Waals surface area contributed by atoms with E-state index in [1.165, 1.54) is 22.4 Å². The van der Waals surface area contributed by atoms with Crippen molar-refractivity contribution in [3.8, 4) is 0 Å². The topological polar surface area (TPSA) is 107 Å². The van der Waals surface area contributed by atoms with Crippen molar-refractivity contribution in [2.45, 2.75) is 57.7 Å². The zero-order chi connectivity index (χ0) is 32.0. The number of aromatic nitrogens is 1. The summed E-state index contributed by atoms with van der Waals surface area (Å²) in [6.45, 7) is 4.19. The maximum Gasteiger partial charge on any atom is 0.338 e. The maximum absolute atomic E-state index is 15.6. The van der Waals surface area contributed by atoms with E-state index < -0.39 is 71.0 Å². The fourth-order valence-corrected chi connectivity index (χ4v) is 6.59. The van der Waals surface area contributed by atoms with Crippen LogP contribution in [0.4, 0.5) is 22.0 Å². The molecular weight excluding hydrogens is 609 g/mol. The summed E-state index contributed by atoms with van der Waals surface area (Å²) in [5, 5.41) is 14.5. The van der Waals surface area contributed by atoms with Gasteiger partial charge in [-0.25, -0.2) is 31.7 Å². The Morgan fingerprint density at radius 1 is 1.20 bits per heavy atom. The molecule has 2 N–H and O–H groups in total. The average Bonchev–Trinajstić information content (AvgIpc) is 3.70. The van der Waals surface area contributed by atoms with Crippen LogP contribution >= 0.6 is 11.3 Å². The number of halogens is 5. The van der Waals surface area contributed by atoms with Crippen molar-refractivity contribution in [3.05, 3.63) is 63.0 Å². The molecule has 3 atom stereocenters. The minimum Gasteiger partial charge on any atom is -0.481 e. The molecule has 4 heterocycles. The molecule has 0 aliphatic carbocycles. The molecule has 3 unspecified atom stereocenters. The maximum atomic E-state index is 15.6. The van der Waals surface area contributed by atoms with Crippen molar-refractivity contribution >= 4 is 29.1 Å². The summed E-state index contributed by atoms with van der Waals surface area (Å²) in [6.07, 6.45) is 2.03. The van der Waals surface area contributed by atoms with Gasteiger partial charge in [0.2, 0.25) is 0 Å². The van der Waals surface area contributed by atoms with Gasteiger partial charge in [-0.15, -0.1) is 11.3 Å². The first-order chi connectivity index (χ1) is 20.7. The van der Waals surface area contributed by atoms with Crippen molar-refractivity contribution in [2.24, 2.45) is 10.4 Å². The Balaban J connectivity index is 1.52. The number of rotatable bonds is 10. The molecule has 1 aromatic heterocycles. The number of thiazole rings is 1. The molecule has 0 amide bonds. The van der Waals surface area contributed by atoms with Gasteiger partial charge in [-0.05, 0) is 46.2 Å². The quantitative estimate of drug-likeness (QED) is 0.224. The van der Waals surface area contributed by atoms with Gasteiger partial charge >= 0.3 is 11.9 Å². The first-order valence-electron chi connectivity index (χ1n) is 14.1. The Labute approximate surface area is 254 Å². The number of carbonyl (C=O) groups is 2. The Morgan fingerprint density at radius 2 is 1.95 bits per heavy atom. The zero-order valence-electron chi connectivity index (χ0n) is 24.3. The lowest BCUT2D eigenvalue weighted by molar-refractivity contribution is -0.147. The third kappa shape index (κ3) is 5.96. The number of likely N-dealkylation sites (tertiary alicyclic amines) is 2. The highest BCUT2D eigenvalue weighted by Gasteiger charge is 2.59. The smallest absolute Gasteiger partial charge is 0.338 e. The van der Waals surface area contributed by atoms with Gasteiger partial charge in [0.25, 0.3) is 5.92 Å². The number of carboxylic acids is 1. The number of carboxylic acid groups (broad SMARTS) is 1. The first kappa shape index (κ1) is 32.0. The number of aliphatic imine (C=N–C) groups is 1. The van der Waals surface area contributed by atoms with E-state index >= 15 is 13.2 Å². The SMILES string of the molecule is CCOC(=O)C1=C(CN2CC(F)(F)C3C2CCN3CCC(C)(C)C(=O)O)NC(c2nccs2)=NC1c1ccc(F)c(F)c1F. The fraction of sp³-hybridized carbons (Fsp3) is 0.517. The van der Waals surface area contributed by atoms with Gasteiger partial charge in [0.05, 0.1) is 30.2 Å². The van der Waals surface area contributed by atoms with Crippen LogP contribution in [0.1, 0.15) is 50.2 Å². The number of hydrogen-bond acceptors (Lipinski definition) is 9. The number of nitrogens with one attached hydrogen (secondary N) is 1. The summed E-state index contributed by atoms with van der Waals surface area (Å²) in [4.78, 5) is 36.7. The lowest BCUT2D eigenvalue weighted by Crippen LogP contribution is -2.46. The predicted molar refractivity (Wildman–Crippen MR) is 151 cm³/mol. The lowest BCUT2D eigenvalue weighted by Gasteiger charge is -2.31. The second kappa shape index (κ2) is 12.2. The first-order valence-corrected chi connectivity index (χ1v) is 15.0. The van der Waals surface area contributed by atoms with Gasteiger partial charge in [0.1, 0.15) is 6.04 Å². The lowest BCUT2D eigenvalue weighted by atomic mass is 9.89. The van der Waals surface area contributed by atoms with E-state index in [-0.39, 0.29) is 43.2 Å². The monoisotopic (exact) mass is 641 g/mol. The minimum absolute atomic E-state index is 0.0697. The van der Waals surface area contributed by atoms with Crippen LogP contribution in [0.2, 0.25) is 0 Å². The molecule has 44 heavy (non-hydrogen) atoms. The molecule has 5 rings (SSSR count). The van der Waals surface area contributed by atoms with E-state index in [0.717, 1.165) is 12.1 Å². The number of fused-ring (bicyclic) bond motifs is 1. The molecular formula is C29H32F5N5O4S. The van der Waals surface area contributed by atoms with Crippen LogP contribution < -0.4 is 5.32 Å². The summed E-state index contributed by atoms with van der Waals surface area (Å²) in [7, 11) is 0. The van der Waals surface area contributed by atoms with Crippen molar-refractivity contribution in [1.82, 2.24) is 20.1 Å². The van der Waals surface area contributed by atoms with E-state index in [4.69, 9.17) is 4.74 Å². The molecule has 0 spiro atoms. The number of aliphatic carboxylic acids is 1. The van der Waals surface area contributed by atoms with E-state index in [1.807, 2.05) is 0 Å². The number of nitrogens with zero attached hydrogens (tertiary/aromatic N) is 4. The molecule has 2 saturated heterocycles. The van der Waals surface area contributed by atoms with Crippen molar-refractivity contribution < 1.29 is 41.4 Å². The Hall–Kier alpha value is -3.43. The minimum atomic E-state index is -3.16. The van der Waals surface area contributed by atoms with Crippen LogP contribution in [0.15, 0.2) is 40.0 Å². The van der Waals surface area contributed by atoms with E-state index in [9.17, 15) is 23.5 Å². The van der Waals surface area contributed by atoms with E-state index in [0.29, 0.717) is 18.0 Å². The molecule has 9 nitrogen and oxygen atoms in total. The molecule has 3 aliphatic heterocycles. The summed E-state index contributed by atoms with van der Waals surface area (Å²) in [5.41, 5.74) is -1.65. The van der Waals surface area contributed by atoms with Gasteiger partial charge in [0.15, 0.2) is 28.3 Å². The van der Waals surface area contributed by atoms with E-state index in [1.54, 1.807) is 31.1 Å². The van der Waals surface area contributed by atoms with Crippen molar-refractivity contribution in [3.63, 3.8) is 0 Å². The van der Waals surface area contributed by atoms with Crippen LogP contribution in [0.25, 0.3) is 0 Å². The number of amidine groups is 1. The molecule has 0 bridgehead atoms. The van der Waals surface area contributed by atoms with Gasteiger partial charge in [-0.1, -0.05) is 6.07 Å². The molecule has 238 valence electrons. The summed E-state index contributed by atoms with van der Waals surface area (Å²) >= 11 is 1.17. The molecule has 15 heteroatoms. The van der Waals surface area contributed by atoms with Gasteiger partial charge < -0.3 is 15.2 Å². The predicted octanol–water partition coefficient (Wildman–Crippen LogP) is 4.36. The number of ether oxygens (including phenoxy) is 1. The van der Waals surface area contributed by atoms with Crippen LogP contribution in [-0.2, 0) is 14.3 Å². The third-order valence-corrected chi connectivity index (χ3v) is 9.15. The fourth-order valence-electron chi connectivity index (χ4n) is 6.00.